The lowest BCUT2D eigenvalue weighted by Gasteiger charge is -2.42. The summed E-state index contributed by atoms with van der Waals surface area (Å²) in [7, 11) is 0. The smallest absolute Gasteiger partial charge is 0.410 e. The number of piperidine rings is 1. The summed E-state index contributed by atoms with van der Waals surface area (Å²) in [6, 6.07) is 6.56. The third-order valence-electron chi connectivity index (χ3n) is 6.29. The van der Waals surface area contributed by atoms with Gasteiger partial charge in [-0.25, -0.2) is 9.59 Å². The standard InChI is InChI=1S/C26H38N4O7/c1-16(2)20(21(32)28-18(22(33)34)15-19(27)31)29-23(35)26(17-9-7-6-8-10-17)11-13-30(14-12-26)24(36)37-25(3,4)5/h6-10,16,18,20H,11-15H2,1-5H3,(H2,27,31)(H,28,32)(H,29,35)(H,33,34)/t18-,20-/m0/s1. The molecule has 0 unspecified atom stereocenters. The van der Waals surface area contributed by atoms with E-state index < -0.39 is 59.3 Å². The predicted molar refractivity (Wildman–Crippen MR) is 135 cm³/mol. The summed E-state index contributed by atoms with van der Waals surface area (Å²) in [5, 5.41) is 14.5. The largest absolute Gasteiger partial charge is 0.480 e. The Labute approximate surface area is 217 Å². The van der Waals surface area contributed by atoms with Gasteiger partial charge in [0.1, 0.15) is 17.7 Å². The number of hydrogen-bond acceptors (Lipinski definition) is 6. The number of amides is 4. The number of aliphatic carboxylic acids is 1. The van der Waals surface area contributed by atoms with Gasteiger partial charge < -0.3 is 31.1 Å². The summed E-state index contributed by atoms with van der Waals surface area (Å²) in [6.07, 6.45) is -0.431. The molecule has 1 aromatic rings. The highest BCUT2D eigenvalue weighted by Gasteiger charge is 2.45. The van der Waals surface area contributed by atoms with Gasteiger partial charge in [0.05, 0.1) is 11.8 Å². The van der Waals surface area contributed by atoms with Gasteiger partial charge >= 0.3 is 12.1 Å². The van der Waals surface area contributed by atoms with Crippen LogP contribution in [0.3, 0.4) is 0 Å². The summed E-state index contributed by atoms with van der Waals surface area (Å²) in [6.45, 7) is 9.33. The van der Waals surface area contributed by atoms with Crippen LogP contribution >= 0.6 is 0 Å². The van der Waals surface area contributed by atoms with Gasteiger partial charge in [-0.05, 0) is 45.1 Å². The maximum absolute atomic E-state index is 13.8. The van der Waals surface area contributed by atoms with Crippen LogP contribution in [0.25, 0.3) is 0 Å². The van der Waals surface area contributed by atoms with Crippen LogP contribution in [0.4, 0.5) is 4.79 Å². The topological polar surface area (TPSA) is 168 Å². The van der Waals surface area contributed by atoms with Gasteiger partial charge in [0.25, 0.3) is 0 Å². The second kappa shape index (κ2) is 12.1. The number of rotatable bonds is 9. The van der Waals surface area contributed by atoms with Crippen molar-refractivity contribution in [1.29, 1.82) is 0 Å². The van der Waals surface area contributed by atoms with E-state index in [0.29, 0.717) is 12.8 Å². The number of carbonyl (C=O) groups excluding carboxylic acids is 4. The van der Waals surface area contributed by atoms with Crippen LogP contribution in [0.2, 0.25) is 0 Å². The molecule has 1 fully saturated rings. The number of primary amides is 1. The maximum atomic E-state index is 13.8. The zero-order valence-electron chi connectivity index (χ0n) is 22.1. The Kier molecular flexibility index (Phi) is 9.66. The second-order valence-electron chi connectivity index (χ2n) is 10.7. The molecule has 1 aliphatic rings. The van der Waals surface area contributed by atoms with E-state index in [1.807, 2.05) is 30.3 Å². The quantitative estimate of drug-likeness (QED) is 0.384. The summed E-state index contributed by atoms with van der Waals surface area (Å²) >= 11 is 0. The lowest BCUT2D eigenvalue weighted by Crippen LogP contribution is -2.59. The summed E-state index contributed by atoms with van der Waals surface area (Å²) in [5.74, 6) is -3.81. The first-order valence-corrected chi connectivity index (χ1v) is 12.3. The van der Waals surface area contributed by atoms with E-state index in [-0.39, 0.29) is 19.0 Å². The lowest BCUT2D eigenvalue weighted by molar-refractivity contribution is -0.144. The molecule has 1 aromatic carbocycles. The minimum Gasteiger partial charge on any atom is -0.480 e. The van der Waals surface area contributed by atoms with Crippen LogP contribution < -0.4 is 16.4 Å². The number of carboxylic acids is 1. The number of nitrogens with zero attached hydrogens (tertiary/aromatic N) is 1. The van der Waals surface area contributed by atoms with Crippen molar-refractivity contribution < 1.29 is 33.8 Å². The Morgan fingerprint density at radius 1 is 1.05 bits per heavy atom. The van der Waals surface area contributed by atoms with Crippen LogP contribution in [-0.2, 0) is 29.3 Å². The molecule has 1 saturated heterocycles. The molecule has 1 heterocycles. The Hall–Kier alpha value is -3.63. The molecule has 1 aliphatic heterocycles. The Bertz CT molecular complexity index is 996. The SMILES string of the molecule is CC(C)[C@H](NC(=O)C1(c2ccccc2)CCN(C(=O)OC(C)(C)C)CC1)C(=O)N[C@@H](CC(N)=O)C(=O)O. The average Bonchev–Trinajstić information content (AvgIpc) is 2.80. The molecule has 2 atom stereocenters. The normalized spacial score (nSPS) is 16.9. The highest BCUT2D eigenvalue weighted by atomic mass is 16.6. The molecular weight excluding hydrogens is 480 g/mol. The van der Waals surface area contributed by atoms with E-state index in [1.54, 1.807) is 39.5 Å². The summed E-state index contributed by atoms with van der Waals surface area (Å²) < 4.78 is 5.48. The minimum absolute atomic E-state index is 0.273. The van der Waals surface area contributed by atoms with Gasteiger partial charge in [0.15, 0.2) is 0 Å². The zero-order valence-corrected chi connectivity index (χ0v) is 22.1. The van der Waals surface area contributed by atoms with Crippen molar-refractivity contribution in [2.75, 3.05) is 13.1 Å². The van der Waals surface area contributed by atoms with Gasteiger partial charge in [-0.1, -0.05) is 44.2 Å². The second-order valence-corrected chi connectivity index (χ2v) is 10.7. The van der Waals surface area contributed by atoms with Crippen molar-refractivity contribution in [3.8, 4) is 0 Å². The molecule has 204 valence electrons. The van der Waals surface area contributed by atoms with Crippen LogP contribution in [0, 0.1) is 5.92 Å². The molecule has 0 radical (unpaired) electrons. The van der Waals surface area contributed by atoms with Crippen molar-refractivity contribution in [2.45, 2.75) is 77.0 Å². The lowest BCUT2D eigenvalue weighted by atomic mass is 9.71. The van der Waals surface area contributed by atoms with Gasteiger partial charge in [-0.2, -0.15) is 0 Å². The van der Waals surface area contributed by atoms with E-state index >= 15 is 0 Å². The molecule has 0 spiro atoms. The first-order valence-electron chi connectivity index (χ1n) is 12.3. The molecule has 0 aromatic heterocycles. The van der Waals surface area contributed by atoms with Crippen molar-refractivity contribution in [1.82, 2.24) is 15.5 Å². The number of nitrogens with one attached hydrogen (secondary N) is 2. The Morgan fingerprint density at radius 3 is 2.08 bits per heavy atom. The van der Waals surface area contributed by atoms with Crippen molar-refractivity contribution >= 4 is 29.8 Å². The molecule has 0 aliphatic carbocycles. The number of hydrogen-bond donors (Lipinski definition) is 4. The number of benzene rings is 1. The fourth-order valence-electron chi connectivity index (χ4n) is 4.28. The molecule has 2 rings (SSSR count). The number of nitrogens with two attached hydrogens (primary N) is 1. The summed E-state index contributed by atoms with van der Waals surface area (Å²) in [4.78, 5) is 63.7. The maximum Gasteiger partial charge on any atom is 0.410 e. The highest BCUT2D eigenvalue weighted by Crippen LogP contribution is 2.36. The fourth-order valence-corrected chi connectivity index (χ4v) is 4.28. The van der Waals surface area contributed by atoms with E-state index in [0.717, 1.165) is 5.56 Å². The molecule has 11 nitrogen and oxygen atoms in total. The number of carboxylic acid groups (broad SMARTS) is 1. The van der Waals surface area contributed by atoms with Crippen molar-refractivity contribution in [3.63, 3.8) is 0 Å². The van der Waals surface area contributed by atoms with Gasteiger partial charge in [-0.3, -0.25) is 14.4 Å². The van der Waals surface area contributed by atoms with E-state index in [4.69, 9.17) is 10.5 Å². The first-order chi connectivity index (χ1) is 17.2. The molecule has 5 N–H and O–H groups in total. The molecule has 37 heavy (non-hydrogen) atoms. The molecule has 11 heteroatoms. The van der Waals surface area contributed by atoms with Gasteiger partial charge in [-0.15, -0.1) is 0 Å². The van der Waals surface area contributed by atoms with Crippen molar-refractivity contribution in [3.05, 3.63) is 35.9 Å². The molecular formula is C26H38N4O7. The monoisotopic (exact) mass is 518 g/mol. The average molecular weight is 519 g/mol. The predicted octanol–water partition coefficient (Wildman–Crippen LogP) is 1.54. The number of ether oxygens (including phenoxy) is 1. The van der Waals surface area contributed by atoms with Crippen LogP contribution in [0.15, 0.2) is 30.3 Å². The van der Waals surface area contributed by atoms with Crippen molar-refractivity contribution in [2.24, 2.45) is 11.7 Å². The van der Waals surface area contributed by atoms with Crippen LogP contribution in [0.1, 0.15) is 59.4 Å². The van der Waals surface area contributed by atoms with Crippen LogP contribution in [0.5, 0.6) is 0 Å². The Morgan fingerprint density at radius 2 is 1.62 bits per heavy atom. The number of carbonyl (C=O) groups is 5. The highest BCUT2D eigenvalue weighted by molar-refractivity contribution is 5.95. The number of likely N-dealkylation sites (tertiary alicyclic amines) is 1. The zero-order chi connectivity index (χ0) is 28.0. The fraction of sp³-hybridized carbons (Fsp3) is 0.577. The van der Waals surface area contributed by atoms with Gasteiger partial charge in [0.2, 0.25) is 17.7 Å². The molecule has 4 amide bonds. The molecule has 0 saturated carbocycles. The van der Waals surface area contributed by atoms with Gasteiger partial charge in [0, 0.05) is 13.1 Å². The van der Waals surface area contributed by atoms with E-state index in [1.165, 1.54) is 0 Å². The third-order valence-corrected chi connectivity index (χ3v) is 6.29. The van der Waals surface area contributed by atoms with E-state index in [2.05, 4.69) is 10.6 Å². The minimum atomic E-state index is -1.51. The summed E-state index contributed by atoms with van der Waals surface area (Å²) in [5.41, 5.74) is 4.18. The van der Waals surface area contributed by atoms with Crippen LogP contribution in [-0.4, -0.2) is 70.6 Å². The third kappa shape index (κ3) is 7.93. The van der Waals surface area contributed by atoms with E-state index in [9.17, 15) is 29.1 Å². The Balaban J connectivity index is 2.27. The molecule has 0 bridgehead atoms. The first kappa shape index (κ1) is 29.6.